The first-order chi connectivity index (χ1) is 17.5. The molecule has 3 aromatic heterocycles. The smallest absolute Gasteiger partial charge is 0.225 e. The quantitative estimate of drug-likeness (QED) is 0.275. The van der Waals surface area contributed by atoms with E-state index in [0.717, 1.165) is 57.3 Å². The number of carbonyl (C=O) groups is 1. The average molecular weight is 620 g/mol. The lowest BCUT2D eigenvalue weighted by molar-refractivity contribution is -0.143. The highest BCUT2D eigenvalue weighted by atomic mass is 127. The maximum absolute atomic E-state index is 12.9. The number of halogens is 1. The van der Waals surface area contributed by atoms with Crippen LogP contribution < -0.4 is 5.32 Å². The van der Waals surface area contributed by atoms with E-state index in [0.29, 0.717) is 18.9 Å². The molecule has 0 spiro atoms. The van der Waals surface area contributed by atoms with Gasteiger partial charge >= 0.3 is 0 Å². The van der Waals surface area contributed by atoms with Gasteiger partial charge in [0.05, 0.1) is 27.8 Å². The third-order valence-corrected chi connectivity index (χ3v) is 9.11. The first-order valence-electron chi connectivity index (χ1n) is 12.4. The summed E-state index contributed by atoms with van der Waals surface area (Å²) in [5, 5.41) is 24.1. The summed E-state index contributed by atoms with van der Waals surface area (Å²) in [6, 6.07) is 9.96. The Morgan fingerprint density at radius 2 is 1.92 bits per heavy atom. The number of nitrogens with one attached hydrogen (secondary N) is 1. The summed E-state index contributed by atoms with van der Waals surface area (Å²) in [5.74, 6) is 1.98. The number of alkyl halides is 1. The van der Waals surface area contributed by atoms with Crippen LogP contribution in [0.3, 0.4) is 0 Å². The van der Waals surface area contributed by atoms with Gasteiger partial charge in [-0.3, -0.25) is 4.79 Å². The van der Waals surface area contributed by atoms with E-state index in [4.69, 9.17) is 9.97 Å². The van der Waals surface area contributed by atoms with Crippen LogP contribution in [0.4, 0.5) is 11.6 Å². The predicted octanol–water partition coefficient (Wildman–Crippen LogP) is 4.51. The molecular formula is C26H30IN5O3S. The van der Waals surface area contributed by atoms with Crippen molar-refractivity contribution in [2.75, 3.05) is 18.4 Å². The fourth-order valence-corrected chi connectivity index (χ4v) is 6.49. The lowest BCUT2D eigenvalue weighted by Crippen LogP contribution is -2.50. The van der Waals surface area contributed by atoms with Crippen LogP contribution in [0.25, 0.3) is 10.6 Å². The van der Waals surface area contributed by atoms with E-state index in [-0.39, 0.29) is 18.4 Å². The van der Waals surface area contributed by atoms with Crippen LogP contribution in [0, 0.1) is 5.92 Å². The Labute approximate surface area is 228 Å². The van der Waals surface area contributed by atoms with Crippen LogP contribution in [0.2, 0.25) is 0 Å². The van der Waals surface area contributed by atoms with Crippen molar-refractivity contribution in [3.63, 3.8) is 0 Å². The fourth-order valence-electron chi connectivity index (χ4n) is 4.96. The number of aromatic nitrogens is 3. The minimum absolute atomic E-state index is 0.00754. The summed E-state index contributed by atoms with van der Waals surface area (Å²) in [6.07, 6.45) is 6.09. The Balaban J connectivity index is 1.19. The Bertz CT molecular complexity index is 1200. The van der Waals surface area contributed by atoms with Gasteiger partial charge in [-0.2, -0.15) is 0 Å². The second-order valence-corrected chi connectivity index (χ2v) is 11.4. The van der Waals surface area contributed by atoms with Crippen LogP contribution in [0.1, 0.15) is 48.6 Å². The number of anilines is 2. The molecule has 36 heavy (non-hydrogen) atoms. The molecule has 1 saturated heterocycles. The van der Waals surface area contributed by atoms with E-state index in [9.17, 15) is 15.0 Å². The third kappa shape index (κ3) is 5.87. The molecule has 4 heterocycles. The van der Waals surface area contributed by atoms with E-state index in [2.05, 4.69) is 32.9 Å². The molecule has 1 saturated carbocycles. The van der Waals surface area contributed by atoms with Gasteiger partial charge < -0.3 is 20.4 Å². The Morgan fingerprint density at radius 3 is 2.69 bits per heavy atom. The zero-order valence-electron chi connectivity index (χ0n) is 19.9. The number of thiazole rings is 1. The number of nitrogens with zero attached hydrogens (tertiary/aromatic N) is 4. The van der Waals surface area contributed by atoms with Crippen LogP contribution >= 0.6 is 33.9 Å². The molecule has 10 heteroatoms. The largest absolute Gasteiger partial charge is 0.390 e. The molecule has 1 amide bonds. The zero-order chi connectivity index (χ0) is 25.1. The Hall–Kier alpha value is -2.15. The van der Waals surface area contributed by atoms with Gasteiger partial charge in [-0.1, -0.05) is 28.7 Å². The minimum atomic E-state index is -0.840. The van der Waals surface area contributed by atoms with Crippen molar-refractivity contribution in [3.8, 4) is 10.6 Å². The molecule has 1 aliphatic heterocycles. The van der Waals surface area contributed by atoms with Crippen molar-refractivity contribution >= 4 is 51.5 Å². The second kappa shape index (κ2) is 11.5. The molecule has 1 aliphatic carbocycles. The number of aliphatic hydroxyl groups is 2. The van der Waals surface area contributed by atoms with E-state index in [1.54, 1.807) is 22.4 Å². The van der Waals surface area contributed by atoms with Crippen LogP contribution in [-0.4, -0.2) is 61.3 Å². The van der Waals surface area contributed by atoms with Crippen LogP contribution in [-0.2, 0) is 9.22 Å². The lowest BCUT2D eigenvalue weighted by atomic mass is 9.81. The first-order valence-corrected chi connectivity index (χ1v) is 14.7. The zero-order valence-corrected chi connectivity index (χ0v) is 22.9. The summed E-state index contributed by atoms with van der Waals surface area (Å²) < 4.78 is 0.924. The van der Waals surface area contributed by atoms with Gasteiger partial charge in [-0.25, -0.2) is 15.0 Å². The number of hydrogen-bond acceptors (Lipinski definition) is 8. The van der Waals surface area contributed by atoms with Gasteiger partial charge in [0, 0.05) is 41.7 Å². The highest BCUT2D eigenvalue weighted by Crippen LogP contribution is 2.40. The van der Waals surface area contributed by atoms with Crippen molar-refractivity contribution in [1.29, 1.82) is 0 Å². The summed E-state index contributed by atoms with van der Waals surface area (Å²) in [5.41, 5.74) is 2.09. The lowest BCUT2D eigenvalue weighted by Gasteiger charge is -2.37. The molecule has 0 aromatic carbocycles. The topological polar surface area (TPSA) is 111 Å². The number of rotatable bonds is 6. The van der Waals surface area contributed by atoms with Gasteiger partial charge in [-0.05, 0) is 61.9 Å². The molecule has 0 bridgehead atoms. The fraction of sp³-hybridized carbons (Fsp3) is 0.462. The average Bonchev–Trinajstić information content (AvgIpc) is 3.41. The second-order valence-electron chi connectivity index (χ2n) is 9.53. The van der Waals surface area contributed by atoms with Gasteiger partial charge in [0.15, 0.2) is 0 Å². The summed E-state index contributed by atoms with van der Waals surface area (Å²) in [4.78, 5) is 29.6. The molecule has 3 N–H and O–H groups in total. The summed E-state index contributed by atoms with van der Waals surface area (Å²) in [6.45, 7) is 0.754. The number of pyridine rings is 2. The predicted molar refractivity (Wildman–Crippen MR) is 148 cm³/mol. The number of β-amino-alcohol motifs (C(OH)–C–C–N with tert-alkyl or cyclic N) is 1. The minimum Gasteiger partial charge on any atom is -0.390 e. The monoisotopic (exact) mass is 619 g/mol. The van der Waals surface area contributed by atoms with E-state index in [1.807, 2.05) is 36.5 Å². The molecule has 3 aromatic rings. The van der Waals surface area contributed by atoms with Crippen molar-refractivity contribution in [3.05, 3.63) is 53.3 Å². The maximum Gasteiger partial charge on any atom is 0.225 e. The van der Waals surface area contributed by atoms with Crippen LogP contribution in [0.5, 0.6) is 0 Å². The van der Waals surface area contributed by atoms with Crippen molar-refractivity contribution in [1.82, 2.24) is 19.9 Å². The number of aliphatic hydroxyl groups excluding tert-OH is 2. The normalized spacial score (nSPS) is 24.5. The summed E-state index contributed by atoms with van der Waals surface area (Å²) in [7, 11) is 0. The van der Waals surface area contributed by atoms with Gasteiger partial charge in [0.1, 0.15) is 11.6 Å². The van der Waals surface area contributed by atoms with E-state index < -0.39 is 12.2 Å². The maximum atomic E-state index is 12.9. The number of piperidine rings is 1. The SMILES string of the molecule is O=C([C@H]1CC[C@H](c2ncc(-c3cccc(Nc4cc(CI)ccn4)n3)s2)CC1)N1CC[C@H](O)[C@@H](O)C1. The highest BCUT2D eigenvalue weighted by molar-refractivity contribution is 14.1. The molecule has 190 valence electrons. The number of likely N-dealkylation sites (tertiary alicyclic amines) is 1. The summed E-state index contributed by atoms with van der Waals surface area (Å²) >= 11 is 4.01. The number of carbonyl (C=O) groups excluding carboxylic acids is 1. The van der Waals surface area contributed by atoms with Gasteiger partial charge in [0.25, 0.3) is 0 Å². The Morgan fingerprint density at radius 1 is 1.08 bits per heavy atom. The van der Waals surface area contributed by atoms with E-state index >= 15 is 0 Å². The highest BCUT2D eigenvalue weighted by Gasteiger charge is 2.35. The van der Waals surface area contributed by atoms with Gasteiger partial charge in [-0.15, -0.1) is 11.3 Å². The Kier molecular flexibility index (Phi) is 8.14. The van der Waals surface area contributed by atoms with E-state index in [1.165, 1.54) is 5.56 Å². The molecule has 8 nitrogen and oxygen atoms in total. The molecule has 2 fully saturated rings. The van der Waals surface area contributed by atoms with Gasteiger partial charge in [0.2, 0.25) is 5.91 Å². The van der Waals surface area contributed by atoms with Crippen molar-refractivity contribution in [2.45, 2.75) is 54.7 Å². The van der Waals surface area contributed by atoms with Crippen LogP contribution in [0.15, 0.2) is 42.7 Å². The molecule has 2 atom stereocenters. The number of amides is 1. The standard InChI is InChI=1S/C26H30IN5O3S/c27-13-16-8-10-28-24(12-16)31-23-3-1-2-19(30-23)22-14-29-25(36-22)17-4-6-18(7-5-17)26(35)32-11-9-20(33)21(34)15-32/h1-3,8,10,12,14,17-18,20-21,33-34H,4-7,9,11,13,15H2,(H,28,30,31)/t17-,18-,20-,21-/m0/s1. The third-order valence-electron chi connectivity index (χ3n) is 7.04. The molecule has 0 radical (unpaired) electrons. The van der Waals surface area contributed by atoms with Crippen molar-refractivity contribution < 1.29 is 15.0 Å². The first kappa shape index (κ1) is 25.5. The molecule has 5 rings (SSSR count). The molecular weight excluding hydrogens is 589 g/mol. The molecule has 2 aliphatic rings. The van der Waals surface area contributed by atoms with Crippen molar-refractivity contribution in [2.24, 2.45) is 5.92 Å². The number of hydrogen-bond donors (Lipinski definition) is 3. The molecule has 0 unspecified atom stereocenters.